The Hall–Kier alpha value is -4.11. The van der Waals surface area contributed by atoms with Crippen LogP contribution in [0.4, 0.5) is 10.5 Å². The molecule has 0 spiro atoms. The molecule has 1 N–H and O–H groups in total. The number of anilines is 1. The number of nitrogens with zero attached hydrogens (tertiary/aromatic N) is 1. The summed E-state index contributed by atoms with van der Waals surface area (Å²) in [7, 11) is 0. The molecule has 196 valence electrons. The first-order valence-electron chi connectivity index (χ1n) is 12.0. The Balaban J connectivity index is 1.50. The van der Waals surface area contributed by atoms with Gasteiger partial charge in [0.2, 0.25) is 0 Å². The monoisotopic (exact) mass is 578 g/mol. The second-order valence-corrected chi connectivity index (χ2v) is 9.46. The van der Waals surface area contributed by atoms with Gasteiger partial charge in [0, 0.05) is 4.47 Å². The Morgan fingerprint density at radius 1 is 0.842 bits per heavy atom. The van der Waals surface area contributed by atoms with Gasteiger partial charge < -0.3 is 14.2 Å². The van der Waals surface area contributed by atoms with Crippen molar-refractivity contribution in [1.82, 2.24) is 5.32 Å². The molecular weight excluding hydrogens is 552 g/mol. The maximum Gasteiger partial charge on any atom is 0.335 e. The lowest BCUT2D eigenvalue weighted by atomic mass is 10.1. The molecule has 9 heteroatoms. The van der Waals surface area contributed by atoms with Crippen LogP contribution in [0, 0.1) is 13.8 Å². The van der Waals surface area contributed by atoms with Gasteiger partial charge in [0.25, 0.3) is 11.8 Å². The molecule has 1 heterocycles. The second-order valence-electron chi connectivity index (χ2n) is 8.54. The van der Waals surface area contributed by atoms with Crippen LogP contribution in [0.15, 0.2) is 70.7 Å². The number of urea groups is 1. The van der Waals surface area contributed by atoms with Crippen molar-refractivity contribution in [1.29, 1.82) is 0 Å². The summed E-state index contributed by atoms with van der Waals surface area (Å²) in [6.07, 6.45) is 1.42. The highest BCUT2D eigenvalue weighted by atomic mass is 79.9. The minimum atomic E-state index is -0.804. The van der Waals surface area contributed by atoms with Gasteiger partial charge in [-0.1, -0.05) is 34.1 Å². The molecule has 0 aliphatic carbocycles. The number of nitrogens with one attached hydrogen (secondary N) is 1. The Morgan fingerprint density at radius 2 is 1.55 bits per heavy atom. The fourth-order valence-corrected chi connectivity index (χ4v) is 4.08. The van der Waals surface area contributed by atoms with E-state index in [4.69, 9.17) is 14.2 Å². The Bertz CT molecular complexity index is 1400. The van der Waals surface area contributed by atoms with E-state index in [1.54, 1.807) is 42.5 Å². The third-order valence-electron chi connectivity index (χ3n) is 5.71. The summed E-state index contributed by atoms with van der Waals surface area (Å²) >= 11 is 3.33. The Labute approximate surface area is 229 Å². The van der Waals surface area contributed by atoms with Gasteiger partial charge in [0.15, 0.2) is 11.5 Å². The number of rotatable bonds is 9. The first-order valence-corrected chi connectivity index (χ1v) is 12.8. The van der Waals surface area contributed by atoms with Crippen molar-refractivity contribution < 1.29 is 28.6 Å². The fourth-order valence-electron chi connectivity index (χ4n) is 3.82. The number of ether oxygens (including phenoxy) is 3. The largest absolute Gasteiger partial charge is 0.490 e. The van der Waals surface area contributed by atoms with Gasteiger partial charge in [-0.05, 0) is 86.0 Å². The maximum atomic E-state index is 13.1. The predicted molar refractivity (Wildman–Crippen MR) is 148 cm³/mol. The average molecular weight is 579 g/mol. The summed E-state index contributed by atoms with van der Waals surface area (Å²) in [6.45, 7) is 6.87. The van der Waals surface area contributed by atoms with Gasteiger partial charge in [0.1, 0.15) is 24.5 Å². The Morgan fingerprint density at radius 3 is 2.26 bits per heavy atom. The van der Waals surface area contributed by atoms with E-state index in [0.29, 0.717) is 42.6 Å². The highest BCUT2D eigenvalue weighted by molar-refractivity contribution is 9.10. The lowest BCUT2D eigenvalue weighted by molar-refractivity contribution is -0.122. The van der Waals surface area contributed by atoms with Crippen LogP contribution < -0.4 is 24.4 Å². The highest BCUT2D eigenvalue weighted by Crippen LogP contribution is 2.30. The third-order valence-corrected chi connectivity index (χ3v) is 6.24. The van der Waals surface area contributed by atoms with Crippen molar-refractivity contribution in [2.45, 2.75) is 20.8 Å². The number of barbiturate groups is 1. The Kier molecular flexibility index (Phi) is 8.48. The zero-order chi connectivity index (χ0) is 27.2. The van der Waals surface area contributed by atoms with Crippen molar-refractivity contribution in [2.24, 2.45) is 0 Å². The van der Waals surface area contributed by atoms with Crippen LogP contribution in [-0.2, 0) is 9.59 Å². The zero-order valence-electron chi connectivity index (χ0n) is 21.2. The molecule has 1 fully saturated rings. The van der Waals surface area contributed by atoms with E-state index in [0.717, 1.165) is 26.2 Å². The molecule has 0 bridgehead atoms. The van der Waals surface area contributed by atoms with E-state index >= 15 is 0 Å². The second kappa shape index (κ2) is 12.0. The standard InChI is InChI=1S/C29H27BrN2O6/c1-4-36-26-17-20(7-12-24(26)37-13-14-38-25-15-18(2)5-6-19(25)3)16-23-27(33)31-29(35)32(28(23)34)22-10-8-21(30)9-11-22/h5-12,15-17H,4,13-14H2,1-3H3,(H,31,33,35)/b23-16-. The van der Waals surface area contributed by atoms with E-state index < -0.39 is 17.8 Å². The number of aryl methyl sites for hydroxylation is 2. The highest BCUT2D eigenvalue weighted by Gasteiger charge is 2.36. The molecule has 0 aromatic heterocycles. The quantitative estimate of drug-likeness (QED) is 0.202. The molecule has 1 aliphatic rings. The number of carbonyl (C=O) groups excluding carboxylic acids is 3. The first-order chi connectivity index (χ1) is 18.3. The van der Waals surface area contributed by atoms with Gasteiger partial charge in [0.05, 0.1) is 12.3 Å². The SMILES string of the molecule is CCOc1cc(/C=C2/C(=O)NC(=O)N(c3ccc(Br)cc3)C2=O)ccc1OCCOc1cc(C)ccc1C. The summed E-state index contributed by atoms with van der Waals surface area (Å²) in [4.78, 5) is 39.0. The van der Waals surface area contributed by atoms with Gasteiger partial charge in [-0.25, -0.2) is 9.69 Å². The van der Waals surface area contributed by atoms with Gasteiger partial charge in [-0.15, -0.1) is 0 Å². The molecule has 38 heavy (non-hydrogen) atoms. The van der Waals surface area contributed by atoms with E-state index in [2.05, 4.69) is 21.2 Å². The molecule has 4 rings (SSSR count). The fraction of sp³-hybridized carbons (Fsp3) is 0.207. The number of halogens is 1. The summed E-state index contributed by atoms with van der Waals surface area (Å²) in [5.41, 5.74) is 2.87. The van der Waals surface area contributed by atoms with Gasteiger partial charge in [-0.3, -0.25) is 14.9 Å². The molecule has 0 radical (unpaired) electrons. The summed E-state index contributed by atoms with van der Waals surface area (Å²) in [6, 6.07) is 16.9. The van der Waals surface area contributed by atoms with Crippen LogP contribution >= 0.6 is 15.9 Å². The molecule has 3 aromatic carbocycles. The molecule has 1 aliphatic heterocycles. The van der Waals surface area contributed by atoms with Crippen molar-refractivity contribution in [2.75, 3.05) is 24.7 Å². The van der Waals surface area contributed by atoms with Crippen molar-refractivity contribution in [3.8, 4) is 17.2 Å². The number of hydrogen-bond acceptors (Lipinski definition) is 6. The summed E-state index contributed by atoms with van der Waals surface area (Å²) < 4.78 is 18.3. The molecule has 8 nitrogen and oxygen atoms in total. The number of amides is 4. The minimum absolute atomic E-state index is 0.175. The van der Waals surface area contributed by atoms with E-state index in [1.807, 2.05) is 39.0 Å². The van der Waals surface area contributed by atoms with E-state index in [-0.39, 0.29) is 5.57 Å². The smallest absolute Gasteiger partial charge is 0.335 e. The third kappa shape index (κ3) is 6.23. The molecule has 4 amide bonds. The van der Waals surface area contributed by atoms with Crippen molar-refractivity contribution in [3.05, 3.63) is 87.4 Å². The number of benzene rings is 3. The topological polar surface area (TPSA) is 94.2 Å². The number of hydrogen-bond donors (Lipinski definition) is 1. The van der Waals surface area contributed by atoms with Crippen LogP contribution in [0.25, 0.3) is 6.08 Å². The lowest BCUT2D eigenvalue weighted by Crippen LogP contribution is -2.54. The van der Waals surface area contributed by atoms with Crippen molar-refractivity contribution in [3.63, 3.8) is 0 Å². The van der Waals surface area contributed by atoms with Crippen molar-refractivity contribution >= 4 is 45.5 Å². The van der Waals surface area contributed by atoms with E-state index in [1.165, 1.54) is 6.08 Å². The number of imide groups is 2. The average Bonchev–Trinajstić information content (AvgIpc) is 2.88. The molecule has 1 saturated heterocycles. The molecule has 3 aromatic rings. The van der Waals surface area contributed by atoms with Gasteiger partial charge in [-0.2, -0.15) is 0 Å². The zero-order valence-corrected chi connectivity index (χ0v) is 22.8. The maximum absolute atomic E-state index is 13.1. The number of carbonyl (C=O) groups is 3. The van der Waals surface area contributed by atoms with Crippen LogP contribution in [0.5, 0.6) is 17.2 Å². The van der Waals surface area contributed by atoms with Crippen LogP contribution in [0.3, 0.4) is 0 Å². The normalized spacial score (nSPS) is 14.5. The van der Waals surface area contributed by atoms with Crippen LogP contribution in [0.2, 0.25) is 0 Å². The summed E-state index contributed by atoms with van der Waals surface area (Å²) in [5, 5.41) is 2.23. The molecule has 0 unspecified atom stereocenters. The minimum Gasteiger partial charge on any atom is -0.490 e. The van der Waals surface area contributed by atoms with Gasteiger partial charge >= 0.3 is 6.03 Å². The van der Waals surface area contributed by atoms with Crippen LogP contribution in [-0.4, -0.2) is 37.7 Å². The van der Waals surface area contributed by atoms with E-state index in [9.17, 15) is 14.4 Å². The molecule has 0 atom stereocenters. The van der Waals surface area contributed by atoms with Crippen LogP contribution in [0.1, 0.15) is 23.6 Å². The molecule has 0 saturated carbocycles. The molecular formula is C29H27BrN2O6. The lowest BCUT2D eigenvalue weighted by Gasteiger charge is -2.26. The summed E-state index contributed by atoms with van der Waals surface area (Å²) in [5.74, 6) is 0.285. The first kappa shape index (κ1) is 26.9. The predicted octanol–water partition coefficient (Wildman–Crippen LogP) is 5.59.